The van der Waals surface area contributed by atoms with Crippen LogP contribution in [-0.2, 0) is 13.0 Å². The first kappa shape index (κ1) is 13.4. The number of aliphatic hydroxyl groups is 1. The van der Waals surface area contributed by atoms with E-state index in [0.717, 1.165) is 35.8 Å². The van der Waals surface area contributed by atoms with Crippen LogP contribution in [0.5, 0.6) is 0 Å². The summed E-state index contributed by atoms with van der Waals surface area (Å²) in [6.45, 7) is 0.716. The molecular weight excluding hydrogens is 252 g/mol. The first-order valence-corrected chi connectivity index (χ1v) is 7.47. The fourth-order valence-electron chi connectivity index (χ4n) is 3.20. The number of hydrogen-bond acceptors (Lipinski definition) is 2. The minimum Gasteiger partial charge on any atom is -0.396 e. The van der Waals surface area contributed by atoms with Crippen molar-refractivity contribution in [1.29, 1.82) is 0 Å². The largest absolute Gasteiger partial charge is 0.396 e. The van der Waals surface area contributed by atoms with Gasteiger partial charge < -0.3 is 15.7 Å². The van der Waals surface area contributed by atoms with Gasteiger partial charge in [0.2, 0.25) is 0 Å². The van der Waals surface area contributed by atoms with Gasteiger partial charge in [0, 0.05) is 19.2 Å². The maximum Gasteiger partial charge on any atom is 0.315 e. The van der Waals surface area contributed by atoms with Crippen molar-refractivity contribution in [1.82, 2.24) is 10.6 Å². The number of amides is 2. The zero-order chi connectivity index (χ0) is 13.9. The van der Waals surface area contributed by atoms with Crippen LogP contribution in [0.15, 0.2) is 24.3 Å². The van der Waals surface area contributed by atoms with Crippen molar-refractivity contribution >= 4 is 6.03 Å². The second kappa shape index (κ2) is 5.83. The van der Waals surface area contributed by atoms with E-state index in [1.807, 2.05) is 24.3 Å². The molecule has 3 N–H and O–H groups in total. The summed E-state index contributed by atoms with van der Waals surface area (Å²) < 4.78 is 0. The molecule has 2 fully saturated rings. The van der Waals surface area contributed by atoms with Gasteiger partial charge in [-0.1, -0.05) is 24.3 Å². The molecule has 0 radical (unpaired) electrons. The molecule has 2 aliphatic rings. The summed E-state index contributed by atoms with van der Waals surface area (Å²) in [7, 11) is 0. The Bertz CT molecular complexity index is 462. The molecule has 0 aliphatic heterocycles. The summed E-state index contributed by atoms with van der Waals surface area (Å²) in [4.78, 5) is 11.8. The molecule has 0 aromatic heterocycles. The van der Waals surface area contributed by atoms with Gasteiger partial charge in [0.15, 0.2) is 0 Å². The first-order valence-electron chi connectivity index (χ1n) is 7.47. The number of nitrogens with one attached hydrogen (secondary N) is 2. The molecule has 0 heterocycles. The lowest BCUT2D eigenvalue weighted by molar-refractivity contribution is 0.236. The van der Waals surface area contributed by atoms with Gasteiger partial charge in [0.05, 0.1) is 0 Å². The SMILES string of the molecule is O=C(NCc1ccc(CCO)cc1)NC1CC2CC2C1. The zero-order valence-electron chi connectivity index (χ0n) is 11.6. The van der Waals surface area contributed by atoms with Crippen molar-refractivity contribution in [3.8, 4) is 0 Å². The molecule has 4 heteroatoms. The Hall–Kier alpha value is -1.55. The summed E-state index contributed by atoms with van der Waals surface area (Å²) in [6, 6.07) is 8.30. The second-order valence-corrected chi connectivity index (χ2v) is 6.04. The van der Waals surface area contributed by atoms with Crippen LogP contribution in [0.3, 0.4) is 0 Å². The molecule has 1 aromatic rings. The highest BCUT2D eigenvalue weighted by atomic mass is 16.3. The molecule has 0 spiro atoms. The van der Waals surface area contributed by atoms with E-state index in [9.17, 15) is 4.79 Å². The molecule has 2 amide bonds. The van der Waals surface area contributed by atoms with Crippen LogP contribution in [0.2, 0.25) is 0 Å². The van der Waals surface area contributed by atoms with Crippen molar-refractivity contribution in [2.45, 2.75) is 38.3 Å². The summed E-state index contributed by atoms with van der Waals surface area (Å²) in [5.41, 5.74) is 2.20. The fraction of sp³-hybridized carbons (Fsp3) is 0.562. The fourth-order valence-corrected chi connectivity index (χ4v) is 3.20. The van der Waals surface area contributed by atoms with Gasteiger partial charge in [0.25, 0.3) is 0 Å². The van der Waals surface area contributed by atoms with Crippen LogP contribution < -0.4 is 10.6 Å². The van der Waals surface area contributed by atoms with E-state index in [-0.39, 0.29) is 12.6 Å². The summed E-state index contributed by atoms with van der Waals surface area (Å²) in [6.07, 6.45) is 4.38. The number of carbonyl (C=O) groups is 1. The third-order valence-electron chi connectivity index (χ3n) is 4.46. The number of carbonyl (C=O) groups excluding carboxylic acids is 1. The standard InChI is InChI=1S/C16H22N2O2/c19-6-5-11-1-3-12(4-2-11)10-17-16(20)18-15-8-13-7-14(13)9-15/h1-4,13-15,19H,5-10H2,(H2,17,18,20). The lowest BCUT2D eigenvalue weighted by Gasteiger charge is -2.15. The van der Waals surface area contributed by atoms with Crippen molar-refractivity contribution in [3.63, 3.8) is 0 Å². The Kier molecular flexibility index (Phi) is 3.92. The van der Waals surface area contributed by atoms with Crippen LogP contribution in [0.25, 0.3) is 0 Å². The Labute approximate surface area is 119 Å². The van der Waals surface area contributed by atoms with Crippen molar-refractivity contribution in [3.05, 3.63) is 35.4 Å². The van der Waals surface area contributed by atoms with E-state index < -0.39 is 0 Å². The van der Waals surface area contributed by atoms with E-state index in [1.54, 1.807) is 0 Å². The smallest absolute Gasteiger partial charge is 0.315 e. The number of hydrogen-bond donors (Lipinski definition) is 3. The van der Waals surface area contributed by atoms with E-state index in [2.05, 4.69) is 10.6 Å². The maximum atomic E-state index is 11.8. The zero-order valence-corrected chi connectivity index (χ0v) is 11.6. The van der Waals surface area contributed by atoms with Gasteiger partial charge >= 0.3 is 6.03 Å². The van der Waals surface area contributed by atoms with Crippen LogP contribution in [-0.4, -0.2) is 23.8 Å². The topological polar surface area (TPSA) is 61.4 Å². The summed E-state index contributed by atoms with van der Waals surface area (Å²) >= 11 is 0. The Morgan fingerprint density at radius 1 is 1.10 bits per heavy atom. The normalized spacial score (nSPS) is 26.9. The van der Waals surface area contributed by atoms with Crippen LogP contribution >= 0.6 is 0 Å². The molecule has 2 aliphatic carbocycles. The maximum absolute atomic E-state index is 11.8. The molecule has 2 saturated carbocycles. The molecule has 4 nitrogen and oxygen atoms in total. The molecule has 108 valence electrons. The van der Waals surface area contributed by atoms with Gasteiger partial charge in [-0.25, -0.2) is 4.79 Å². The van der Waals surface area contributed by atoms with Crippen molar-refractivity contribution in [2.75, 3.05) is 6.61 Å². The Balaban J connectivity index is 1.40. The van der Waals surface area contributed by atoms with E-state index in [1.165, 1.54) is 6.42 Å². The third-order valence-corrected chi connectivity index (χ3v) is 4.46. The highest BCUT2D eigenvalue weighted by molar-refractivity contribution is 5.74. The first-order chi connectivity index (χ1) is 9.74. The average molecular weight is 274 g/mol. The quantitative estimate of drug-likeness (QED) is 0.767. The summed E-state index contributed by atoms with van der Waals surface area (Å²) in [5, 5.41) is 14.8. The lowest BCUT2D eigenvalue weighted by atomic mass is 10.1. The highest BCUT2D eigenvalue weighted by Gasteiger charge is 2.46. The second-order valence-electron chi connectivity index (χ2n) is 6.04. The molecular formula is C16H22N2O2. The minimum atomic E-state index is -0.0595. The average Bonchev–Trinajstić information content (AvgIpc) is 3.06. The molecule has 3 rings (SSSR count). The Morgan fingerprint density at radius 2 is 1.75 bits per heavy atom. The predicted molar refractivity (Wildman–Crippen MR) is 77.2 cm³/mol. The number of rotatable bonds is 5. The summed E-state index contributed by atoms with van der Waals surface area (Å²) in [5.74, 6) is 1.78. The van der Waals surface area contributed by atoms with Crippen molar-refractivity contribution in [2.24, 2.45) is 11.8 Å². The van der Waals surface area contributed by atoms with E-state index in [0.29, 0.717) is 19.0 Å². The van der Waals surface area contributed by atoms with Gasteiger partial charge in [0.1, 0.15) is 0 Å². The van der Waals surface area contributed by atoms with Gasteiger partial charge in [-0.2, -0.15) is 0 Å². The van der Waals surface area contributed by atoms with Crippen LogP contribution in [0.1, 0.15) is 30.4 Å². The number of aliphatic hydroxyl groups excluding tert-OH is 1. The van der Waals surface area contributed by atoms with E-state index >= 15 is 0 Å². The lowest BCUT2D eigenvalue weighted by Crippen LogP contribution is -2.41. The van der Waals surface area contributed by atoms with Gasteiger partial charge in [-0.15, -0.1) is 0 Å². The number of benzene rings is 1. The molecule has 0 saturated heterocycles. The van der Waals surface area contributed by atoms with Crippen LogP contribution in [0.4, 0.5) is 4.79 Å². The number of fused-ring (bicyclic) bond motifs is 1. The molecule has 2 atom stereocenters. The van der Waals surface area contributed by atoms with Gasteiger partial charge in [-0.05, 0) is 48.6 Å². The van der Waals surface area contributed by atoms with Crippen LogP contribution in [0, 0.1) is 11.8 Å². The minimum absolute atomic E-state index is 0.0595. The van der Waals surface area contributed by atoms with Gasteiger partial charge in [-0.3, -0.25) is 0 Å². The predicted octanol–water partition coefficient (Wildman–Crippen LogP) is 1.82. The van der Waals surface area contributed by atoms with Crippen molar-refractivity contribution < 1.29 is 9.90 Å². The third kappa shape index (κ3) is 3.31. The monoisotopic (exact) mass is 274 g/mol. The molecule has 2 unspecified atom stereocenters. The molecule has 0 bridgehead atoms. The Morgan fingerprint density at radius 3 is 2.40 bits per heavy atom. The van der Waals surface area contributed by atoms with E-state index in [4.69, 9.17) is 5.11 Å². The molecule has 1 aromatic carbocycles. The molecule has 20 heavy (non-hydrogen) atoms. The highest BCUT2D eigenvalue weighted by Crippen LogP contribution is 2.51. The number of urea groups is 1.